The summed E-state index contributed by atoms with van der Waals surface area (Å²) in [6.07, 6.45) is 2.51. The van der Waals surface area contributed by atoms with Crippen molar-refractivity contribution in [3.05, 3.63) is 77.2 Å². The number of aryl methyl sites for hydroxylation is 1. The van der Waals surface area contributed by atoms with E-state index >= 15 is 0 Å². The zero-order valence-electron chi connectivity index (χ0n) is 14.4. The molecule has 0 bridgehead atoms. The second-order valence-electron chi connectivity index (χ2n) is 6.10. The molecule has 2 aromatic carbocycles. The first-order chi connectivity index (χ1) is 12.7. The summed E-state index contributed by atoms with van der Waals surface area (Å²) in [5, 5.41) is 4.46. The summed E-state index contributed by atoms with van der Waals surface area (Å²) in [6.45, 7) is 2.85. The van der Waals surface area contributed by atoms with Gasteiger partial charge in [-0.1, -0.05) is 42.5 Å². The van der Waals surface area contributed by atoms with Crippen LogP contribution < -0.4 is 5.32 Å². The molecule has 4 rings (SSSR count). The van der Waals surface area contributed by atoms with E-state index in [0.717, 1.165) is 45.0 Å². The van der Waals surface area contributed by atoms with Crippen molar-refractivity contribution in [3.8, 4) is 11.1 Å². The average molecular weight is 363 g/mol. The van der Waals surface area contributed by atoms with Crippen LogP contribution in [0.25, 0.3) is 21.3 Å². The Morgan fingerprint density at radius 1 is 1.00 bits per heavy atom. The summed E-state index contributed by atoms with van der Waals surface area (Å²) >= 11 is 1.64. The molecule has 0 fully saturated rings. The molecule has 1 N–H and O–H groups in total. The SMILES string of the molecule is Cc1sc2ncnc(NCCc3ccccc3)c2c1-c1ccc(F)cc1. The van der Waals surface area contributed by atoms with Gasteiger partial charge in [0.2, 0.25) is 0 Å². The molecule has 5 heteroatoms. The Bertz CT molecular complexity index is 1030. The predicted molar refractivity (Wildman–Crippen MR) is 106 cm³/mol. The monoisotopic (exact) mass is 363 g/mol. The van der Waals surface area contributed by atoms with Crippen molar-refractivity contribution in [2.24, 2.45) is 0 Å². The van der Waals surface area contributed by atoms with E-state index in [-0.39, 0.29) is 5.82 Å². The lowest BCUT2D eigenvalue weighted by atomic mass is 10.0. The third kappa shape index (κ3) is 3.30. The van der Waals surface area contributed by atoms with E-state index in [0.29, 0.717) is 0 Å². The van der Waals surface area contributed by atoms with Gasteiger partial charge in [0.05, 0.1) is 5.39 Å². The highest BCUT2D eigenvalue weighted by Crippen LogP contribution is 2.40. The van der Waals surface area contributed by atoms with E-state index in [4.69, 9.17) is 0 Å². The largest absolute Gasteiger partial charge is 0.369 e. The van der Waals surface area contributed by atoms with Crippen LogP contribution >= 0.6 is 11.3 Å². The van der Waals surface area contributed by atoms with Gasteiger partial charge in [0.1, 0.15) is 22.8 Å². The van der Waals surface area contributed by atoms with Gasteiger partial charge in [-0.2, -0.15) is 0 Å². The molecule has 2 aromatic heterocycles. The Labute approximate surface area is 155 Å². The maximum Gasteiger partial charge on any atom is 0.138 e. The Morgan fingerprint density at radius 2 is 1.77 bits per heavy atom. The van der Waals surface area contributed by atoms with Crippen LogP contribution in [0.1, 0.15) is 10.4 Å². The van der Waals surface area contributed by atoms with Crippen molar-refractivity contribution in [3.63, 3.8) is 0 Å². The summed E-state index contributed by atoms with van der Waals surface area (Å²) in [4.78, 5) is 11.0. The fourth-order valence-electron chi connectivity index (χ4n) is 3.11. The molecule has 0 amide bonds. The van der Waals surface area contributed by atoms with Crippen molar-refractivity contribution in [2.75, 3.05) is 11.9 Å². The number of thiophene rings is 1. The van der Waals surface area contributed by atoms with Crippen LogP contribution in [-0.2, 0) is 6.42 Å². The van der Waals surface area contributed by atoms with E-state index in [2.05, 4.69) is 34.3 Å². The Kier molecular flexibility index (Phi) is 4.63. The lowest BCUT2D eigenvalue weighted by molar-refractivity contribution is 0.628. The molecule has 0 saturated heterocycles. The second-order valence-corrected chi connectivity index (χ2v) is 7.31. The lowest BCUT2D eigenvalue weighted by Gasteiger charge is -2.09. The first kappa shape index (κ1) is 16.7. The number of fused-ring (bicyclic) bond motifs is 1. The average Bonchev–Trinajstić information content (AvgIpc) is 3.00. The molecule has 130 valence electrons. The molecular formula is C21H18FN3S. The highest BCUT2D eigenvalue weighted by molar-refractivity contribution is 7.19. The number of nitrogens with one attached hydrogen (secondary N) is 1. The molecule has 4 aromatic rings. The van der Waals surface area contributed by atoms with Crippen molar-refractivity contribution in [1.82, 2.24) is 9.97 Å². The number of benzene rings is 2. The predicted octanol–water partition coefficient (Wildman–Crippen LogP) is 5.46. The summed E-state index contributed by atoms with van der Waals surface area (Å²) < 4.78 is 13.3. The minimum atomic E-state index is -0.233. The van der Waals surface area contributed by atoms with Crippen LogP contribution in [0, 0.1) is 12.7 Å². The van der Waals surface area contributed by atoms with Gasteiger partial charge < -0.3 is 5.32 Å². The fourth-order valence-corrected chi connectivity index (χ4v) is 4.12. The van der Waals surface area contributed by atoms with Crippen LogP contribution in [0.2, 0.25) is 0 Å². The first-order valence-electron chi connectivity index (χ1n) is 8.50. The van der Waals surface area contributed by atoms with Gasteiger partial charge in [-0.3, -0.25) is 0 Å². The molecule has 0 aliphatic heterocycles. The second kappa shape index (κ2) is 7.22. The topological polar surface area (TPSA) is 37.8 Å². The summed E-state index contributed by atoms with van der Waals surface area (Å²) in [7, 11) is 0. The molecule has 0 spiro atoms. The van der Waals surface area contributed by atoms with Gasteiger partial charge in [0, 0.05) is 17.0 Å². The number of aromatic nitrogens is 2. The van der Waals surface area contributed by atoms with Gasteiger partial charge in [-0.05, 0) is 36.6 Å². The number of hydrogen-bond donors (Lipinski definition) is 1. The van der Waals surface area contributed by atoms with Crippen molar-refractivity contribution in [2.45, 2.75) is 13.3 Å². The molecule has 3 nitrogen and oxygen atoms in total. The number of nitrogens with zero attached hydrogens (tertiary/aromatic N) is 2. The summed E-state index contributed by atoms with van der Waals surface area (Å²) in [6, 6.07) is 17.0. The van der Waals surface area contributed by atoms with Crippen LogP contribution in [0.5, 0.6) is 0 Å². The smallest absolute Gasteiger partial charge is 0.138 e. The highest BCUT2D eigenvalue weighted by atomic mass is 32.1. The first-order valence-corrected chi connectivity index (χ1v) is 9.32. The third-order valence-corrected chi connectivity index (χ3v) is 5.36. The van der Waals surface area contributed by atoms with Gasteiger partial charge in [-0.25, -0.2) is 14.4 Å². The lowest BCUT2D eigenvalue weighted by Crippen LogP contribution is -2.07. The van der Waals surface area contributed by atoms with Crippen LogP contribution in [-0.4, -0.2) is 16.5 Å². The van der Waals surface area contributed by atoms with E-state index in [1.807, 2.05) is 30.3 Å². The third-order valence-electron chi connectivity index (χ3n) is 4.35. The van der Waals surface area contributed by atoms with Crippen molar-refractivity contribution in [1.29, 1.82) is 0 Å². The number of rotatable bonds is 5. The minimum Gasteiger partial charge on any atom is -0.369 e. The zero-order chi connectivity index (χ0) is 17.9. The maximum absolute atomic E-state index is 13.3. The highest BCUT2D eigenvalue weighted by Gasteiger charge is 2.16. The van der Waals surface area contributed by atoms with E-state index in [9.17, 15) is 4.39 Å². The molecule has 0 aliphatic carbocycles. The molecular weight excluding hydrogens is 345 g/mol. The Morgan fingerprint density at radius 3 is 2.54 bits per heavy atom. The van der Waals surface area contributed by atoms with E-state index < -0.39 is 0 Å². The van der Waals surface area contributed by atoms with Crippen LogP contribution in [0.4, 0.5) is 10.2 Å². The van der Waals surface area contributed by atoms with Crippen LogP contribution in [0.3, 0.4) is 0 Å². The molecule has 2 heterocycles. The molecule has 0 aliphatic rings. The van der Waals surface area contributed by atoms with E-state index in [1.165, 1.54) is 17.7 Å². The standard InChI is InChI=1S/C21H18FN3S/c1-14-18(16-7-9-17(22)10-8-16)19-20(24-13-25-21(19)26-14)23-12-11-15-5-3-2-4-6-15/h2-10,13H,11-12H2,1H3,(H,23,24,25). The quantitative estimate of drug-likeness (QED) is 0.511. The maximum atomic E-state index is 13.3. The van der Waals surface area contributed by atoms with Gasteiger partial charge >= 0.3 is 0 Å². The number of anilines is 1. The van der Waals surface area contributed by atoms with Crippen molar-refractivity contribution >= 4 is 27.4 Å². The van der Waals surface area contributed by atoms with Gasteiger partial charge in [-0.15, -0.1) is 11.3 Å². The fraction of sp³-hybridized carbons (Fsp3) is 0.143. The van der Waals surface area contributed by atoms with Crippen LogP contribution in [0.15, 0.2) is 60.9 Å². The molecule has 26 heavy (non-hydrogen) atoms. The molecule has 0 radical (unpaired) electrons. The van der Waals surface area contributed by atoms with E-state index in [1.54, 1.807) is 17.7 Å². The normalized spacial score (nSPS) is 11.0. The van der Waals surface area contributed by atoms with Gasteiger partial charge in [0.25, 0.3) is 0 Å². The zero-order valence-corrected chi connectivity index (χ0v) is 15.2. The number of halogens is 1. The Balaban J connectivity index is 1.68. The molecule has 0 saturated carbocycles. The summed E-state index contributed by atoms with van der Waals surface area (Å²) in [5.41, 5.74) is 3.34. The number of hydrogen-bond acceptors (Lipinski definition) is 4. The van der Waals surface area contributed by atoms with Gasteiger partial charge in [0.15, 0.2) is 0 Å². The molecule has 0 atom stereocenters. The Hall–Kier alpha value is -2.79. The minimum absolute atomic E-state index is 0.233. The molecule has 0 unspecified atom stereocenters. The summed E-state index contributed by atoms with van der Waals surface area (Å²) in [5.74, 6) is 0.595. The van der Waals surface area contributed by atoms with Crippen molar-refractivity contribution < 1.29 is 4.39 Å².